The molecule has 0 fully saturated rings. The Labute approximate surface area is 161 Å². The van der Waals surface area contributed by atoms with Crippen molar-refractivity contribution in [1.82, 2.24) is 10.7 Å². The third-order valence-electron chi connectivity index (χ3n) is 3.84. The zero-order chi connectivity index (χ0) is 19.9. The van der Waals surface area contributed by atoms with Crippen LogP contribution in [-0.4, -0.2) is 42.2 Å². The Morgan fingerprint density at radius 2 is 2.11 bits per heavy atom. The summed E-state index contributed by atoms with van der Waals surface area (Å²) in [6, 6.07) is 12.5. The summed E-state index contributed by atoms with van der Waals surface area (Å²) in [6.45, 7) is 0. The number of guanidine groups is 1. The summed E-state index contributed by atoms with van der Waals surface area (Å²) < 4.78 is 5.10. The number of anilines is 1. The smallest absolute Gasteiger partial charge is 0.252 e. The third-order valence-corrected chi connectivity index (χ3v) is 3.84. The van der Waals surface area contributed by atoms with Crippen molar-refractivity contribution in [3.05, 3.63) is 54.1 Å². The van der Waals surface area contributed by atoms with E-state index in [4.69, 9.17) is 4.74 Å². The van der Waals surface area contributed by atoms with Crippen molar-refractivity contribution in [2.45, 2.75) is 12.5 Å². The minimum Gasteiger partial charge on any atom is -0.508 e. The second-order valence-electron chi connectivity index (χ2n) is 5.93. The van der Waals surface area contributed by atoms with Crippen molar-refractivity contribution in [2.75, 3.05) is 12.4 Å². The summed E-state index contributed by atoms with van der Waals surface area (Å²) >= 11 is 0. The SMILES string of the molecule is COc1cccc(NC(=O)C[C@@H]2N=C(N/N=C\c3ccc(O)cc3)NC2=O)c1. The summed E-state index contributed by atoms with van der Waals surface area (Å²) in [7, 11) is 1.54. The molecule has 0 saturated carbocycles. The highest BCUT2D eigenvalue weighted by Crippen LogP contribution is 2.17. The highest BCUT2D eigenvalue weighted by Gasteiger charge is 2.28. The predicted molar refractivity (Wildman–Crippen MR) is 104 cm³/mol. The molecule has 0 saturated heterocycles. The van der Waals surface area contributed by atoms with Crippen LogP contribution >= 0.6 is 0 Å². The lowest BCUT2D eigenvalue weighted by molar-refractivity contribution is -0.123. The van der Waals surface area contributed by atoms with Gasteiger partial charge in [0, 0.05) is 11.8 Å². The van der Waals surface area contributed by atoms with E-state index in [1.165, 1.54) is 25.5 Å². The van der Waals surface area contributed by atoms with Crippen molar-refractivity contribution in [3.8, 4) is 11.5 Å². The van der Waals surface area contributed by atoms with Gasteiger partial charge in [0.2, 0.25) is 11.9 Å². The summed E-state index contributed by atoms with van der Waals surface area (Å²) in [6.07, 6.45) is 1.41. The maximum Gasteiger partial charge on any atom is 0.252 e. The molecule has 0 aromatic heterocycles. The molecular formula is C19H19N5O4. The highest BCUT2D eigenvalue weighted by atomic mass is 16.5. The number of amides is 2. The highest BCUT2D eigenvalue weighted by molar-refractivity contribution is 6.07. The molecule has 1 heterocycles. The van der Waals surface area contributed by atoms with Crippen LogP contribution in [0.15, 0.2) is 58.6 Å². The van der Waals surface area contributed by atoms with Gasteiger partial charge >= 0.3 is 0 Å². The van der Waals surface area contributed by atoms with Gasteiger partial charge in [0.15, 0.2) is 0 Å². The molecule has 2 aromatic rings. The molecule has 1 aliphatic heterocycles. The molecule has 1 aliphatic rings. The van der Waals surface area contributed by atoms with Crippen molar-refractivity contribution < 1.29 is 19.4 Å². The minimum atomic E-state index is -0.836. The lowest BCUT2D eigenvalue weighted by Gasteiger charge is -2.08. The Kier molecular flexibility index (Phi) is 5.85. The fourth-order valence-electron chi connectivity index (χ4n) is 2.46. The zero-order valence-corrected chi connectivity index (χ0v) is 15.0. The van der Waals surface area contributed by atoms with Crippen LogP contribution in [0.4, 0.5) is 5.69 Å². The van der Waals surface area contributed by atoms with Crippen LogP contribution in [0, 0.1) is 0 Å². The number of carbonyl (C=O) groups is 2. The molecule has 0 aliphatic carbocycles. The van der Waals surface area contributed by atoms with E-state index in [9.17, 15) is 14.7 Å². The lowest BCUT2D eigenvalue weighted by atomic mass is 10.2. The van der Waals surface area contributed by atoms with E-state index in [0.717, 1.165) is 5.56 Å². The average molecular weight is 381 g/mol. The normalized spacial score (nSPS) is 15.8. The van der Waals surface area contributed by atoms with Crippen LogP contribution in [0.1, 0.15) is 12.0 Å². The standard InChI is InChI=1S/C19H19N5O4/c1-28-15-4-2-3-13(9-15)21-17(26)10-16-18(27)23-19(22-16)24-20-11-12-5-7-14(25)8-6-12/h2-9,11,16,25H,10H2,1H3,(H,21,26)(H2,22,23,24,27)/b20-11-/t16-/m0/s1. The van der Waals surface area contributed by atoms with E-state index in [-0.39, 0.29) is 29.9 Å². The first kappa shape index (κ1) is 18.9. The predicted octanol–water partition coefficient (Wildman–Crippen LogP) is 1.21. The van der Waals surface area contributed by atoms with Gasteiger partial charge in [0.25, 0.3) is 5.91 Å². The monoisotopic (exact) mass is 381 g/mol. The van der Waals surface area contributed by atoms with Crippen LogP contribution in [0.2, 0.25) is 0 Å². The van der Waals surface area contributed by atoms with Gasteiger partial charge in [-0.3, -0.25) is 14.9 Å². The van der Waals surface area contributed by atoms with Gasteiger partial charge in [-0.2, -0.15) is 5.10 Å². The van der Waals surface area contributed by atoms with Gasteiger partial charge < -0.3 is 15.2 Å². The quantitative estimate of drug-likeness (QED) is 0.442. The lowest BCUT2D eigenvalue weighted by Crippen LogP contribution is -2.35. The van der Waals surface area contributed by atoms with Crippen LogP contribution in [0.3, 0.4) is 0 Å². The number of hydrogen-bond donors (Lipinski definition) is 4. The molecule has 1 atom stereocenters. The van der Waals surface area contributed by atoms with Gasteiger partial charge in [-0.15, -0.1) is 0 Å². The van der Waals surface area contributed by atoms with Gasteiger partial charge in [0.1, 0.15) is 17.5 Å². The maximum atomic E-state index is 12.2. The maximum absolute atomic E-state index is 12.2. The first-order valence-corrected chi connectivity index (χ1v) is 8.44. The molecule has 3 rings (SSSR count). The van der Waals surface area contributed by atoms with Crippen molar-refractivity contribution in [1.29, 1.82) is 0 Å². The first-order valence-electron chi connectivity index (χ1n) is 8.44. The number of aromatic hydroxyl groups is 1. The van der Waals surface area contributed by atoms with E-state index in [1.54, 1.807) is 36.4 Å². The molecule has 2 aromatic carbocycles. The number of phenols is 1. The Morgan fingerprint density at radius 3 is 2.86 bits per heavy atom. The Hall–Kier alpha value is -3.88. The number of nitrogens with zero attached hydrogens (tertiary/aromatic N) is 2. The Bertz CT molecular complexity index is 924. The van der Waals surface area contributed by atoms with Crippen LogP contribution in [-0.2, 0) is 9.59 Å². The fraction of sp³-hybridized carbons (Fsp3) is 0.158. The number of nitrogens with one attached hydrogen (secondary N) is 3. The zero-order valence-electron chi connectivity index (χ0n) is 15.0. The Balaban J connectivity index is 1.54. The van der Waals surface area contributed by atoms with E-state index >= 15 is 0 Å². The van der Waals surface area contributed by atoms with Crippen LogP contribution in [0.25, 0.3) is 0 Å². The molecule has 4 N–H and O–H groups in total. The van der Waals surface area contributed by atoms with E-state index in [2.05, 4.69) is 26.2 Å². The molecule has 0 spiro atoms. The number of methoxy groups -OCH3 is 1. The van der Waals surface area contributed by atoms with Crippen molar-refractivity contribution in [3.63, 3.8) is 0 Å². The number of rotatable bonds is 6. The molecular weight excluding hydrogens is 362 g/mol. The molecule has 0 bridgehead atoms. The number of ether oxygens (including phenoxy) is 1. The molecule has 2 amide bonds. The van der Waals surface area contributed by atoms with Crippen LogP contribution in [0.5, 0.6) is 11.5 Å². The van der Waals surface area contributed by atoms with Crippen molar-refractivity contribution >= 4 is 29.7 Å². The molecule has 0 unspecified atom stereocenters. The van der Waals surface area contributed by atoms with Gasteiger partial charge in [-0.1, -0.05) is 6.07 Å². The van der Waals surface area contributed by atoms with Gasteiger partial charge in [0.05, 0.1) is 19.7 Å². The topological polar surface area (TPSA) is 124 Å². The second kappa shape index (κ2) is 8.67. The number of hydrazone groups is 1. The number of carbonyl (C=O) groups excluding carboxylic acids is 2. The number of aliphatic imine (C=N–C) groups is 1. The summed E-state index contributed by atoms with van der Waals surface area (Å²) in [4.78, 5) is 28.3. The summed E-state index contributed by atoms with van der Waals surface area (Å²) in [5, 5.41) is 18.5. The van der Waals surface area contributed by atoms with Crippen molar-refractivity contribution in [2.24, 2.45) is 10.1 Å². The molecule has 0 radical (unpaired) electrons. The van der Waals surface area contributed by atoms with E-state index < -0.39 is 6.04 Å². The molecule has 9 heteroatoms. The largest absolute Gasteiger partial charge is 0.508 e. The van der Waals surface area contributed by atoms with E-state index in [0.29, 0.717) is 11.4 Å². The number of phenolic OH excluding ortho intramolecular Hbond substituents is 1. The van der Waals surface area contributed by atoms with E-state index in [1.807, 2.05) is 0 Å². The number of benzene rings is 2. The first-order chi connectivity index (χ1) is 13.5. The average Bonchev–Trinajstić information content (AvgIpc) is 3.02. The Morgan fingerprint density at radius 1 is 1.32 bits per heavy atom. The van der Waals surface area contributed by atoms with Gasteiger partial charge in [-0.05, 0) is 42.0 Å². The van der Waals surface area contributed by atoms with Crippen LogP contribution < -0.4 is 20.8 Å². The molecule has 144 valence electrons. The molecule has 28 heavy (non-hydrogen) atoms. The summed E-state index contributed by atoms with van der Waals surface area (Å²) in [5.41, 5.74) is 3.95. The fourth-order valence-corrected chi connectivity index (χ4v) is 2.46. The second-order valence-corrected chi connectivity index (χ2v) is 5.93. The third kappa shape index (κ3) is 5.07. The van der Waals surface area contributed by atoms with Gasteiger partial charge in [-0.25, -0.2) is 10.4 Å². The molecule has 9 nitrogen and oxygen atoms in total. The number of hydrogen-bond acceptors (Lipinski definition) is 7. The minimum absolute atomic E-state index is 0.101. The summed E-state index contributed by atoms with van der Waals surface area (Å²) in [5.74, 6) is 0.216.